The third kappa shape index (κ3) is 1.51. The Hall–Kier alpha value is -0.650. The van der Waals surface area contributed by atoms with Gasteiger partial charge in [-0.05, 0) is 0 Å². The summed E-state index contributed by atoms with van der Waals surface area (Å²) in [6, 6.07) is 0.727. The molecule has 6 heteroatoms. The SMILES string of the molecule is Cl.c1nc2n(n1)CCN(C1CNC1)C2. The first kappa shape index (κ1) is 9.89. The topological polar surface area (TPSA) is 46.0 Å². The summed E-state index contributed by atoms with van der Waals surface area (Å²) < 4.78 is 2.00. The molecule has 0 radical (unpaired) electrons. The van der Waals surface area contributed by atoms with E-state index in [9.17, 15) is 0 Å². The molecule has 1 N–H and O–H groups in total. The minimum atomic E-state index is 0. The van der Waals surface area contributed by atoms with Crippen LogP contribution in [0.2, 0.25) is 0 Å². The lowest BCUT2D eigenvalue weighted by molar-refractivity contribution is 0.108. The van der Waals surface area contributed by atoms with Crippen molar-refractivity contribution >= 4 is 12.4 Å². The molecule has 1 fully saturated rings. The zero-order valence-corrected chi connectivity index (χ0v) is 8.70. The summed E-state index contributed by atoms with van der Waals surface area (Å²) in [6.07, 6.45) is 1.65. The molecule has 0 aromatic carbocycles. The van der Waals surface area contributed by atoms with Crippen LogP contribution in [0.3, 0.4) is 0 Å². The molecule has 0 amide bonds. The second kappa shape index (κ2) is 3.84. The van der Waals surface area contributed by atoms with Gasteiger partial charge in [-0.1, -0.05) is 0 Å². The lowest BCUT2D eigenvalue weighted by Crippen LogP contribution is -2.58. The number of hydrogen-bond donors (Lipinski definition) is 1. The van der Waals surface area contributed by atoms with Crippen LogP contribution in [0.5, 0.6) is 0 Å². The molecular weight excluding hydrogens is 202 g/mol. The van der Waals surface area contributed by atoms with Gasteiger partial charge in [0.15, 0.2) is 0 Å². The molecule has 0 unspecified atom stereocenters. The zero-order valence-electron chi connectivity index (χ0n) is 7.89. The van der Waals surface area contributed by atoms with Crippen molar-refractivity contribution in [3.05, 3.63) is 12.2 Å². The van der Waals surface area contributed by atoms with E-state index in [-0.39, 0.29) is 12.4 Å². The van der Waals surface area contributed by atoms with E-state index in [1.165, 1.54) is 0 Å². The minimum Gasteiger partial charge on any atom is -0.314 e. The molecule has 0 aliphatic carbocycles. The van der Waals surface area contributed by atoms with Crippen LogP contribution in [0.1, 0.15) is 5.82 Å². The van der Waals surface area contributed by atoms with Crippen molar-refractivity contribution in [2.75, 3.05) is 19.6 Å². The highest BCUT2D eigenvalue weighted by Gasteiger charge is 2.28. The second-order valence-electron chi connectivity index (χ2n) is 3.68. The molecule has 78 valence electrons. The lowest BCUT2D eigenvalue weighted by Gasteiger charge is -2.39. The molecule has 1 aromatic heterocycles. The number of rotatable bonds is 1. The molecule has 1 saturated heterocycles. The van der Waals surface area contributed by atoms with Gasteiger partial charge < -0.3 is 5.32 Å². The molecule has 0 bridgehead atoms. The van der Waals surface area contributed by atoms with Gasteiger partial charge in [-0.2, -0.15) is 5.10 Å². The maximum atomic E-state index is 4.24. The molecule has 0 saturated carbocycles. The van der Waals surface area contributed by atoms with Crippen molar-refractivity contribution < 1.29 is 0 Å². The van der Waals surface area contributed by atoms with Gasteiger partial charge in [0.25, 0.3) is 0 Å². The van der Waals surface area contributed by atoms with E-state index in [0.29, 0.717) is 0 Å². The Morgan fingerprint density at radius 2 is 2.21 bits per heavy atom. The van der Waals surface area contributed by atoms with E-state index in [4.69, 9.17) is 0 Å². The maximum absolute atomic E-state index is 4.24. The largest absolute Gasteiger partial charge is 0.314 e. The average molecular weight is 216 g/mol. The highest BCUT2D eigenvalue weighted by molar-refractivity contribution is 5.85. The third-order valence-corrected chi connectivity index (χ3v) is 2.92. The molecule has 3 rings (SSSR count). The quantitative estimate of drug-likeness (QED) is 0.686. The smallest absolute Gasteiger partial charge is 0.141 e. The van der Waals surface area contributed by atoms with Gasteiger partial charge in [-0.3, -0.25) is 4.90 Å². The molecule has 1 aromatic rings. The molecule has 5 nitrogen and oxygen atoms in total. The van der Waals surface area contributed by atoms with E-state index >= 15 is 0 Å². The number of fused-ring (bicyclic) bond motifs is 1. The first-order chi connectivity index (χ1) is 6.43. The van der Waals surface area contributed by atoms with Crippen molar-refractivity contribution in [1.29, 1.82) is 0 Å². The fourth-order valence-electron chi connectivity index (χ4n) is 1.92. The van der Waals surface area contributed by atoms with Gasteiger partial charge in [0.05, 0.1) is 13.1 Å². The molecule has 0 atom stereocenters. The van der Waals surface area contributed by atoms with Crippen molar-refractivity contribution in [3.8, 4) is 0 Å². The number of halogens is 1. The van der Waals surface area contributed by atoms with Crippen LogP contribution in [-0.2, 0) is 13.1 Å². The Kier molecular flexibility index (Phi) is 2.71. The Morgan fingerprint density at radius 3 is 2.93 bits per heavy atom. The van der Waals surface area contributed by atoms with Crippen LogP contribution >= 0.6 is 12.4 Å². The Morgan fingerprint density at radius 1 is 1.36 bits per heavy atom. The molecule has 2 aliphatic rings. The molecule has 0 spiro atoms. The summed E-state index contributed by atoms with van der Waals surface area (Å²) in [7, 11) is 0. The maximum Gasteiger partial charge on any atom is 0.141 e. The normalized spacial score (nSPS) is 22.3. The predicted octanol–water partition coefficient (Wildman–Crippen LogP) is -0.513. The number of aromatic nitrogens is 3. The highest BCUT2D eigenvalue weighted by atomic mass is 35.5. The van der Waals surface area contributed by atoms with Gasteiger partial charge in [0.1, 0.15) is 12.2 Å². The van der Waals surface area contributed by atoms with Crippen LogP contribution in [0, 0.1) is 0 Å². The summed E-state index contributed by atoms with van der Waals surface area (Å²) in [5.74, 6) is 1.11. The van der Waals surface area contributed by atoms with E-state index < -0.39 is 0 Å². The summed E-state index contributed by atoms with van der Waals surface area (Å²) in [5, 5.41) is 7.45. The van der Waals surface area contributed by atoms with Crippen molar-refractivity contribution in [1.82, 2.24) is 25.0 Å². The summed E-state index contributed by atoms with van der Waals surface area (Å²) in [4.78, 5) is 6.72. The monoisotopic (exact) mass is 215 g/mol. The fourth-order valence-corrected chi connectivity index (χ4v) is 1.92. The summed E-state index contributed by atoms with van der Waals surface area (Å²) in [5.41, 5.74) is 0. The first-order valence-corrected chi connectivity index (χ1v) is 4.75. The van der Waals surface area contributed by atoms with E-state index in [2.05, 4.69) is 20.3 Å². The van der Waals surface area contributed by atoms with Crippen LogP contribution in [0.25, 0.3) is 0 Å². The van der Waals surface area contributed by atoms with Gasteiger partial charge in [-0.25, -0.2) is 9.67 Å². The molecule has 2 aliphatic heterocycles. The standard InChI is InChI=1S/C8H13N5.ClH/c1-2-13-8(10-6-11-13)5-12(1)7-3-9-4-7;/h6-7,9H,1-5H2;1H. The second-order valence-corrected chi connectivity index (χ2v) is 3.68. The fraction of sp³-hybridized carbons (Fsp3) is 0.750. The van der Waals surface area contributed by atoms with Crippen LogP contribution in [0.4, 0.5) is 0 Å². The number of nitrogens with one attached hydrogen (secondary N) is 1. The highest BCUT2D eigenvalue weighted by Crippen LogP contribution is 2.13. The Labute approximate surface area is 88.9 Å². The van der Waals surface area contributed by atoms with Crippen LogP contribution in [-0.4, -0.2) is 45.3 Å². The minimum absolute atomic E-state index is 0. The van der Waals surface area contributed by atoms with Crippen molar-refractivity contribution in [2.45, 2.75) is 19.1 Å². The van der Waals surface area contributed by atoms with Gasteiger partial charge >= 0.3 is 0 Å². The van der Waals surface area contributed by atoms with Gasteiger partial charge in [-0.15, -0.1) is 12.4 Å². The van der Waals surface area contributed by atoms with Crippen molar-refractivity contribution in [2.24, 2.45) is 0 Å². The molecule has 3 heterocycles. The summed E-state index contributed by atoms with van der Waals surface area (Å²) in [6.45, 7) is 5.34. The van der Waals surface area contributed by atoms with Crippen LogP contribution < -0.4 is 5.32 Å². The predicted molar refractivity (Wildman–Crippen MR) is 54.3 cm³/mol. The number of hydrogen-bond acceptors (Lipinski definition) is 4. The zero-order chi connectivity index (χ0) is 8.67. The Bertz CT molecular complexity index is 308. The van der Waals surface area contributed by atoms with Gasteiger partial charge in [0.2, 0.25) is 0 Å². The first-order valence-electron chi connectivity index (χ1n) is 4.75. The average Bonchev–Trinajstić information content (AvgIpc) is 2.47. The Balaban J connectivity index is 0.000000750. The van der Waals surface area contributed by atoms with E-state index in [1.807, 2.05) is 4.68 Å². The number of nitrogens with zero attached hydrogens (tertiary/aromatic N) is 4. The lowest BCUT2D eigenvalue weighted by atomic mass is 10.1. The summed E-state index contributed by atoms with van der Waals surface area (Å²) >= 11 is 0. The van der Waals surface area contributed by atoms with Gasteiger partial charge in [0, 0.05) is 25.7 Å². The molecule has 14 heavy (non-hydrogen) atoms. The van der Waals surface area contributed by atoms with E-state index in [1.54, 1.807) is 6.33 Å². The van der Waals surface area contributed by atoms with Crippen LogP contribution in [0.15, 0.2) is 6.33 Å². The third-order valence-electron chi connectivity index (χ3n) is 2.92. The molecular formula is C8H14ClN5. The van der Waals surface area contributed by atoms with E-state index in [0.717, 1.165) is 44.6 Å². The van der Waals surface area contributed by atoms with Crippen molar-refractivity contribution in [3.63, 3.8) is 0 Å².